The number of carbonyl (C=O) groups excluding carboxylic acids is 2. The number of aromatic nitrogens is 1. The normalized spacial score (nSPS) is 11.8. The van der Waals surface area contributed by atoms with Crippen molar-refractivity contribution in [3.63, 3.8) is 0 Å². The highest BCUT2D eigenvalue weighted by molar-refractivity contribution is 6.33. The van der Waals surface area contributed by atoms with E-state index >= 15 is 0 Å². The average molecular weight is 360 g/mol. The van der Waals surface area contributed by atoms with Crippen LogP contribution in [0.3, 0.4) is 0 Å². The molecule has 2 aromatic rings. The predicted octanol–water partition coefficient (Wildman–Crippen LogP) is 2.90. The molecule has 1 heterocycles. The molecule has 2 amide bonds. The first-order valence-electron chi connectivity index (χ1n) is 7.52. The van der Waals surface area contributed by atoms with Crippen molar-refractivity contribution in [2.45, 2.75) is 13.0 Å². The number of carbonyl (C=O) groups is 2. The van der Waals surface area contributed by atoms with Crippen LogP contribution >= 0.6 is 11.6 Å². The van der Waals surface area contributed by atoms with E-state index in [4.69, 9.17) is 16.3 Å². The van der Waals surface area contributed by atoms with Gasteiger partial charge in [0.25, 0.3) is 0 Å². The lowest BCUT2D eigenvalue weighted by Crippen LogP contribution is -2.40. The lowest BCUT2D eigenvalue weighted by atomic mass is 10.2. The van der Waals surface area contributed by atoms with Crippen molar-refractivity contribution < 1.29 is 14.3 Å². The van der Waals surface area contributed by atoms with Gasteiger partial charge in [-0.15, -0.1) is 0 Å². The topological polar surface area (TPSA) is 80.3 Å². The summed E-state index contributed by atoms with van der Waals surface area (Å²) in [6, 6.07) is 8.10. The average Bonchev–Trinajstić information content (AvgIpc) is 2.62. The second kappa shape index (κ2) is 8.84. The van der Waals surface area contributed by atoms with Crippen LogP contribution in [0.25, 0.3) is 6.08 Å². The number of pyridine rings is 1. The minimum atomic E-state index is -0.725. The standard InChI is InChI=1S/C18H18ClN3O3/c1-12(18(24)22-16-9-10-20-11-15(16)19)21-17(23)8-5-13-3-6-14(25-2)7-4-13/h3-12H,1-2H3,(H,21,23)(H,20,22,24). The highest BCUT2D eigenvalue weighted by Gasteiger charge is 2.15. The number of hydrogen-bond acceptors (Lipinski definition) is 4. The van der Waals surface area contributed by atoms with Crippen molar-refractivity contribution >= 4 is 35.2 Å². The molecule has 0 saturated heterocycles. The van der Waals surface area contributed by atoms with Crippen molar-refractivity contribution in [1.29, 1.82) is 0 Å². The van der Waals surface area contributed by atoms with E-state index in [-0.39, 0.29) is 11.8 Å². The molecule has 6 nitrogen and oxygen atoms in total. The third-order valence-corrected chi connectivity index (χ3v) is 3.63. The molecule has 2 N–H and O–H groups in total. The van der Waals surface area contributed by atoms with Crippen LogP contribution in [0.5, 0.6) is 5.75 Å². The van der Waals surface area contributed by atoms with Gasteiger partial charge in [0, 0.05) is 18.5 Å². The van der Waals surface area contributed by atoms with E-state index in [1.54, 1.807) is 38.3 Å². The molecule has 0 radical (unpaired) electrons. The second-order valence-corrected chi connectivity index (χ2v) is 5.59. The van der Waals surface area contributed by atoms with Gasteiger partial charge in [0.1, 0.15) is 11.8 Å². The van der Waals surface area contributed by atoms with Gasteiger partial charge >= 0.3 is 0 Å². The number of ether oxygens (including phenoxy) is 1. The van der Waals surface area contributed by atoms with Crippen molar-refractivity contribution in [2.24, 2.45) is 0 Å². The smallest absolute Gasteiger partial charge is 0.246 e. The Morgan fingerprint density at radius 3 is 2.60 bits per heavy atom. The van der Waals surface area contributed by atoms with Gasteiger partial charge in [-0.2, -0.15) is 0 Å². The quantitative estimate of drug-likeness (QED) is 0.777. The highest BCUT2D eigenvalue weighted by Crippen LogP contribution is 2.19. The summed E-state index contributed by atoms with van der Waals surface area (Å²) in [6.07, 6.45) is 5.96. The molecule has 1 aromatic carbocycles. The van der Waals surface area contributed by atoms with Gasteiger partial charge in [0.2, 0.25) is 11.8 Å². The van der Waals surface area contributed by atoms with E-state index in [1.165, 1.54) is 18.5 Å². The summed E-state index contributed by atoms with van der Waals surface area (Å²) in [5, 5.41) is 5.56. The van der Waals surface area contributed by atoms with Gasteiger partial charge in [0.15, 0.2) is 0 Å². The van der Waals surface area contributed by atoms with Crippen LogP contribution in [0.15, 0.2) is 48.8 Å². The Bertz CT molecular complexity index is 775. The van der Waals surface area contributed by atoms with Gasteiger partial charge in [-0.25, -0.2) is 0 Å². The predicted molar refractivity (Wildman–Crippen MR) is 97.5 cm³/mol. The number of nitrogens with zero attached hydrogens (tertiary/aromatic N) is 1. The summed E-state index contributed by atoms with van der Waals surface area (Å²) >= 11 is 5.93. The number of halogens is 1. The van der Waals surface area contributed by atoms with Gasteiger partial charge in [-0.05, 0) is 36.8 Å². The van der Waals surface area contributed by atoms with E-state index in [1.807, 2.05) is 12.1 Å². The lowest BCUT2D eigenvalue weighted by molar-refractivity contribution is -0.123. The molecular formula is C18H18ClN3O3. The Kier molecular flexibility index (Phi) is 6.54. The Morgan fingerprint density at radius 2 is 1.96 bits per heavy atom. The zero-order valence-corrected chi connectivity index (χ0v) is 14.6. The maximum absolute atomic E-state index is 12.1. The molecular weight excluding hydrogens is 342 g/mol. The molecule has 0 fully saturated rings. The Labute approximate surface area is 150 Å². The van der Waals surface area contributed by atoms with Crippen LogP contribution in [-0.2, 0) is 9.59 Å². The summed E-state index contributed by atoms with van der Waals surface area (Å²) < 4.78 is 5.07. The Morgan fingerprint density at radius 1 is 1.24 bits per heavy atom. The number of methoxy groups -OCH3 is 1. The van der Waals surface area contributed by atoms with E-state index in [0.29, 0.717) is 10.7 Å². The minimum absolute atomic E-state index is 0.328. The lowest BCUT2D eigenvalue weighted by Gasteiger charge is -2.13. The van der Waals surface area contributed by atoms with Crippen molar-refractivity contribution in [3.8, 4) is 5.75 Å². The molecule has 1 atom stereocenters. The van der Waals surface area contributed by atoms with Gasteiger partial charge in [0.05, 0.1) is 17.8 Å². The van der Waals surface area contributed by atoms with Crippen molar-refractivity contribution in [1.82, 2.24) is 10.3 Å². The van der Waals surface area contributed by atoms with Gasteiger partial charge < -0.3 is 15.4 Å². The number of anilines is 1. The summed E-state index contributed by atoms with van der Waals surface area (Å²) in [7, 11) is 1.59. The molecule has 0 aliphatic rings. The zero-order chi connectivity index (χ0) is 18.2. The van der Waals surface area contributed by atoms with Crippen LogP contribution < -0.4 is 15.4 Å². The van der Waals surface area contributed by atoms with Crippen LogP contribution in [-0.4, -0.2) is 29.9 Å². The fourth-order valence-electron chi connectivity index (χ4n) is 1.93. The fourth-order valence-corrected chi connectivity index (χ4v) is 2.10. The Hall–Kier alpha value is -2.86. The maximum Gasteiger partial charge on any atom is 0.246 e. The Balaban J connectivity index is 1.89. The first-order valence-corrected chi connectivity index (χ1v) is 7.90. The van der Waals surface area contributed by atoms with E-state index < -0.39 is 6.04 Å². The first kappa shape index (κ1) is 18.5. The summed E-state index contributed by atoms with van der Waals surface area (Å²) in [5.41, 5.74) is 1.29. The summed E-state index contributed by atoms with van der Waals surface area (Å²) in [5.74, 6) is -0.0136. The monoisotopic (exact) mass is 359 g/mol. The molecule has 0 aliphatic carbocycles. The number of nitrogens with one attached hydrogen (secondary N) is 2. The van der Waals surface area contributed by atoms with Crippen LogP contribution in [0.4, 0.5) is 5.69 Å². The van der Waals surface area contributed by atoms with E-state index in [2.05, 4.69) is 15.6 Å². The van der Waals surface area contributed by atoms with E-state index in [0.717, 1.165) is 11.3 Å². The van der Waals surface area contributed by atoms with Crippen molar-refractivity contribution in [2.75, 3.05) is 12.4 Å². The number of amides is 2. The van der Waals surface area contributed by atoms with E-state index in [9.17, 15) is 9.59 Å². The molecule has 1 unspecified atom stereocenters. The van der Waals surface area contributed by atoms with Crippen molar-refractivity contribution in [3.05, 3.63) is 59.4 Å². The number of benzene rings is 1. The maximum atomic E-state index is 12.1. The van der Waals surface area contributed by atoms with Crippen LogP contribution in [0.1, 0.15) is 12.5 Å². The molecule has 2 rings (SSSR count). The number of hydrogen-bond donors (Lipinski definition) is 2. The zero-order valence-electron chi connectivity index (χ0n) is 13.8. The first-order chi connectivity index (χ1) is 12.0. The van der Waals surface area contributed by atoms with Gasteiger partial charge in [-0.3, -0.25) is 14.6 Å². The SMILES string of the molecule is COc1ccc(C=CC(=O)NC(C)C(=O)Nc2ccncc2Cl)cc1. The molecule has 0 spiro atoms. The fraction of sp³-hybridized carbons (Fsp3) is 0.167. The molecule has 0 saturated carbocycles. The molecule has 0 aliphatic heterocycles. The third kappa shape index (κ3) is 5.61. The van der Waals surface area contributed by atoms with Crippen LogP contribution in [0, 0.1) is 0 Å². The summed E-state index contributed by atoms with van der Waals surface area (Å²) in [4.78, 5) is 27.9. The minimum Gasteiger partial charge on any atom is -0.497 e. The highest BCUT2D eigenvalue weighted by atomic mass is 35.5. The molecule has 130 valence electrons. The number of rotatable bonds is 6. The molecule has 7 heteroatoms. The molecule has 0 bridgehead atoms. The van der Waals surface area contributed by atoms with Crippen LogP contribution in [0.2, 0.25) is 5.02 Å². The summed E-state index contributed by atoms with van der Waals surface area (Å²) in [6.45, 7) is 1.59. The molecule has 25 heavy (non-hydrogen) atoms. The van der Waals surface area contributed by atoms with Gasteiger partial charge in [-0.1, -0.05) is 23.7 Å². The largest absolute Gasteiger partial charge is 0.497 e. The molecule has 1 aromatic heterocycles. The second-order valence-electron chi connectivity index (χ2n) is 5.18. The third-order valence-electron chi connectivity index (χ3n) is 3.33.